The Balaban J connectivity index is 2.17. The van der Waals surface area contributed by atoms with Crippen LogP contribution >= 0.6 is 15.9 Å². The fourth-order valence-corrected chi connectivity index (χ4v) is 2.64. The summed E-state index contributed by atoms with van der Waals surface area (Å²) in [6, 6.07) is 8.16. The molecule has 1 aliphatic heterocycles. The minimum Gasteiger partial charge on any atom is -0.480 e. The minimum atomic E-state index is -0.796. The summed E-state index contributed by atoms with van der Waals surface area (Å²) in [5, 5.41) is 12.3. The Hall–Kier alpha value is -0.870. The minimum absolute atomic E-state index is 0.324. The first-order chi connectivity index (χ1) is 8.01. The predicted molar refractivity (Wildman–Crippen MR) is 70.2 cm³/mol. The molecule has 0 spiro atoms. The van der Waals surface area contributed by atoms with Gasteiger partial charge in [-0.25, -0.2) is 0 Å². The van der Waals surface area contributed by atoms with Crippen LogP contribution in [0.1, 0.15) is 31.2 Å². The number of hydrogen-bond acceptors (Lipinski definition) is 2. The van der Waals surface area contributed by atoms with Crippen LogP contribution in [0.2, 0.25) is 0 Å². The molecule has 0 aromatic heterocycles. The van der Waals surface area contributed by atoms with Crippen LogP contribution < -0.4 is 5.32 Å². The number of halogens is 1. The molecule has 1 aromatic carbocycles. The number of piperidine rings is 1. The second-order valence-electron chi connectivity index (χ2n) is 4.81. The smallest absolute Gasteiger partial charge is 0.323 e. The van der Waals surface area contributed by atoms with Crippen molar-refractivity contribution in [2.45, 2.75) is 31.2 Å². The molecule has 17 heavy (non-hydrogen) atoms. The highest BCUT2D eigenvalue weighted by Crippen LogP contribution is 2.33. The van der Waals surface area contributed by atoms with Crippen molar-refractivity contribution in [2.24, 2.45) is 0 Å². The number of benzene rings is 1. The summed E-state index contributed by atoms with van der Waals surface area (Å²) in [5.74, 6) is -0.440. The van der Waals surface area contributed by atoms with E-state index in [0.717, 1.165) is 17.4 Å². The van der Waals surface area contributed by atoms with Crippen molar-refractivity contribution in [3.63, 3.8) is 0 Å². The number of carboxylic acids is 1. The lowest BCUT2D eigenvalue weighted by Crippen LogP contribution is -2.53. The Kier molecular flexibility index (Phi) is 3.54. The largest absolute Gasteiger partial charge is 0.480 e. The van der Waals surface area contributed by atoms with E-state index in [-0.39, 0.29) is 0 Å². The van der Waals surface area contributed by atoms with Gasteiger partial charge in [0.25, 0.3) is 0 Å². The van der Waals surface area contributed by atoms with E-state index in [1.807, 2.05) is 12.1 Å². The quantitative estimate of drug-likeness (QED) is 0.882. The molecule has 2 unspecified atom stereocenters. The van der Waals surface area contributed by atoms with Gasteiger partial charge < -0.3 is 10.4 Å². The van der Waals surface area contributed by atoms with Crippen LogP contribution in [0.5, 0.6) is 0 Å². The molecule has 0 bridgehead atoms. The van der Waals surface area contributed by atoms with Crippen LogP contribution in [-0.2, 0) is 4.79 Å². The van der Waals surface area contributed by atoms with Crippen molar-refractivity contribution in [3.8, 4) is 0 Å². The number of nitrogens with one attached hydrogen (secondary N) is 1. The van der Waals surface area contributed by atoms with Crippen LogP contribution in [-0.4, -0.2) is 23.2 Å². The van der Waals surface area contributed by atoms with Crippen molar-refractivity contribution in [1.82, 2.24) is 5.32 Å². The van der Waals surface area contributed by atoms with Crippen LogP contribution in [0.3, 0.4) is 0 Å². The SMILES string of the molecule is CC1(C(=O)O)CC(c2ccc(Br)cc2)CCN1. The summed E-state index contributed by atoms with van der Waals surface area (Å²) in [7, 11) is 0. The molecule has 0 aliphatic carbocycles. The average molecular weight is 298 g/mol. The van der Waals surface area contributed by atoms with Crippen molar-refractivity contribution >= 4 is 21.9 Å². The van der Waals surface area contributed by atoms with Gasteiger partial charge in [0.2, 0.25) is 0 Å². The maximum Gasteiger partial charge on any atom is 0.323 e. The van der Waals surface area contributed by atoms with Crippen molar-refractivity contribution in [1.29, 1.82) is 0 Å². The molecule has 2 N–H and O–H groups in total. The Morgan fingerprint density at radius 2 is 2.12 bits per heavy atom. The van der Waals surface area contributed by atoms with E-state index in [0.29, 0.717) is 12.3 Å². The molecule has 0 saturated carbocycles. The lowest BCUT2D eigenvalue weighted by Gasteiger charge is -2.36. The number of hydrogen-bond donors (Lipinski definition) is 2. The molecule has 2 rings (SSSR count). The molecule has 1 aromatic rings. The van der Waals surface area contributed by atoms with Gasteiger partial charge in [0.1, 0.15) is 5.54 Å². The Labute approximate surface area is 109 Å². The molecule has 1 saturated heterocycles. The molecule has 1 aliphatic rings. The van der Waals surface area contributed by atoms with Crippen LogP contribution in [0, 0.1) is 0 Å². The molecule has 92 valence electrons. The highest BCUT2D eigenvalue weighted by atomic mass is 79.9. The summed E-state index contributed by atoms with van der Waals surface area (Å²) >= 11 is 3.41. The highest BCUT2D eigenvalue weighted by molar-refractivity contribution is 9.10. The van der Waals surface area contributed by atoms with Gasteiger partial charge in [0, 0.05) is 4.47 Å². The zero-order chi connectivity index (χ0) is 12.5. The summed E-state index contributed by atoms with van der Waals surface area (Å²) in [4.78, 5) is 11.2. The first-order valence-electron chi connectivity index (χ1n) is 5.75. The number of carboxylic acid groups (broad SMARTS) is 1. The monoisotopic (exact) mass is 297 g/mol. The van der Waals surface area contributed by atoms with Gasteiger partial charge in [0.05, 0.1) is 0 Å². The van der Waals surface area contributed by atoms with Gasteiger partial charge in [-0.2, -0.15) is 0 Å². The third-order valence-electron chi connectivity index (χ3n) is 3.48. The molecule has 1 fully saturated rings. The molecule has 3 nitrogen and oxygen atoms in total. The van der Waals surface area contributed by atoms with Gasteiger partial charge in [0.15, 0.2) is 0 Å². The fourth-order valence-electron chi connectivity index (χ4n) is 2.37. The molecular formula is C13H16BrNO2. The third-order valence-corrected chi connectivity index (χ3v) is 4.00. The number of rotatable bonds is 2. The normalized spacial score (nSPS) is 28.9. The number of aliphatic carboxylic acids is 1. The lowest BCUT2D eigenvalue weighted by molar-refractivity contribution is -0.145. The highest BCUT2D eigenvalue weighted by Gasteiger charge is 2.38. The lowest BCUT2D eigenvalue weighted by atomic mass is 9.79. The Morgan fingerprint density at radius 1 is 1.47 bits per heavy atom. The van der Waals surface area contributed by atoms with Crippen molar-refractivity contribution in [2.75, 3.05) is 6.54 Å². The standard InChI is InChI=1S/C13H16BrNO2/c1-13(12(16)17)8-10(6-7-15-13)9-2-4-11(14)5-3-9/h2-5,10,15H,6-8H2,1H3,(H,16,17). The third kappa shape index (κ3) is 2.69. The topological polar surface area (TPSA) is 49.3 Å². The molecule has 0 amide bonds. The van der Waals surface area contributed by atoms with E-state index >= 15 is 0 Å². The first kappa shape index (κ1) is 12.6. The molecule has 2 atom stereocenters. The maximum absolute atomic E-state index is 11.2. The van der Waals surface area contributed by atoms with E-state index in [4.69, 9.17) is 0 Å². The van der Waals surface area contributed by atoms with Crippen LogP contribution in [0.25, 0.3) is 0 Å². The molecular weight excluding hydrogens is 282 g/mol. The van der Waals surface area contributed by atoms with Crippen molar-refractivity contribution < 1.29 is 9.90 Å². The Bertz CT molecular complexity index is 418. The van der Waals surface area contributed by atoms with E-state index in [9.17, 15) is 9.90 Å². The number of carbonyl (C=O) groups is 1. The van der Waals surface area contributed by atoms with Gasteiger partial charge in [-0.05, 0) is 49.9 Å². The predicted octanol–water partition coefficient (Wildman–Crippen LogP) is 2.76. The van der Waals surface area contributed by atoms with Gasteiger partial charge in [-0.1, -0.05) is 28.1 Å². The summed E-state index contributed by atoms with van der Waals surface area (Å²) in [6.07, 6.45) is 1.63. The summed E-state index contributed by atoms with van der Waals surface area (Å²) in [5.41, 5.74) is 0.429. The van der Waals surface area contributed by atoms with E-state index in [1.165, 1.54) is 5.56 Å². The molecule has 1 heterocycles. The van der Waals surface area contributed by atoms with Crippen molar-refractivity contribution in [3.05, 3.63) is 34.3 Å². The Morgan fingerprint density at radius 3 is 2.71 bits per heavy atom. The molecule has 4 heteroatoms. The second kappa shape index (κ2) is 4.78. The zero-order valence-electron chi connectivity index (χ0n) is 9.74. The van der Waals surface area contributed by atoms with Gasteiger partial charge in [-0.15, -0.1) is 0 Å². The first-order valence-corrected chi connectivity index (χ1v) is 6.54. The molecule has 0 radical (unpaired) electrons. The fraction of sp³-hybridized carbons (Fsp3) is 0.462. The summed E-state index contributed by atoms with van der Waals surface area (Å²) in [6.45, 7) is 2.52. The average Bonchev–Trinajstić information content (AvgIpc) is 2.30. The van der Waals surface area contributed by atoms with Crippen LogP contribution in [0.4, 0.5) is 0 Å². The van der Waals surface area contributed by atoms with E-state index < -0.39 is 11.5 Å². The van der Waals surface area contributed by atoms with Gasteiger partial charge >= 0.3 is 5.97 Å². The van der Waals surface area contributed by atoms with Crippen LogP contribution in [0.15, 0.2) is 28.7 Å². The maximum atomic E-state index is 11.2. The van der Waals surface area contributed by atoms with E-state index in [1.54, 1.807) is 6.92 Å². The summed E-state index contributed by atoms with van der Waals surface area (Å²) < 4.78 is 1.05. The zero-order valence-corrected chi connectivity index (χ0v) is 11.3. The second-order valence-corrected chi connectivity index (χ2v) is 5.72. The van der Waals surface area contributed by atoms with Gasteiger partial charge in [-0.3, -0.25) is 4.79 Å². The van der Waals surface area contributed by atoms with E-state index in [2.05, 4.69) is 33.4 Å².